The van der Waals surface area contributed by atoms with Gasteiger partial charge in [0.2, 0.25) is 5.91 Å². The van der Waals surface area contributed by atoms with Gasteiger partial charge in [-0.05, 0) is 48.0 Å². The molecule has 0 bridgehead atoms. The summed E-state index contributed by atoms with van der Waals surface area (Å²) in [5, 5.41) is 15.1. The van der Waals surface area contributed by atoms with E-state index < -0.39 is 11.6 Å². The fourth-order valence-corrected chi connectivity index (χ4v) is 3.01. The van der Waals surface area contributed by atoms with Crippen LogP contribution in [0, 0.1) is 0 Å². The van der Waals surface area contributed by atoms with Crippen LogP contribution < -0.4 is 16.4 Å². The molecule has 0 fully saturated rings. The van der Waals surface area contributed by atoms with E-state index in [9.17, 15) is 14.7 Å². The van der Waals surface area contributed by atoms with E-state index in [0.29, 0.717) is 12.1 Å². The van der Waals surface area contributed by atoms with E-state index in [1.54, 1.807) is 37.3 Å². The predicted octanol–water partition coefficient (Wildman–Crippen LogP) is 3.32. The Morgan fingerprint density at radius 3 is 2.44 bits per heavy atom. The molecule has 0 unspecified atom stereocenters. The van der Waals surface area contributed by atoms with Crippen LogP contribution in [0.5, 0.6) is 5.75 Å². The molecule has 0 radical (unpaired) electrons. The molecular formula is C25H29N3O4. The minimum absolute atomic E-state index is 0.0352. The average Bonchev–Trinajstić information content (AvgIpc) is 2.78. The summed E-state index contributed by atoms with van der Waals surface area (Å²) in [6.45, 7) is 5.52. The lowest BCUT2D eigenvalue weighted by atomic mass is 9.91. The summed E-state index contributed by atoms with van der Waals surface area (Å²) >= 11 is 0. The molecule has 0 saturated carbocycles. The number of alkyl carbamates (subject to hydrolysis) is 1. The molecule has 0 aromatic heterocycles. The number of benzene rings is 2. The van der Waals surface area contributed by atoms with Crippen LogP contribution in [0.25, 0.3) is 0 Å². The van der Waals surface area contributed by atoms with Crippen LogP contribution in [-0.2, 0) is 22.5 Å². The lowest BCUT2D eigenvalue weighted by molar-refractivity contribution is -0.127. The Morgan fingerprint density at radius 1 is 1.12 bits per heavy atom. The normalized spacial score (nSPS) is 13.2. The zero-order valence-corrected chi connectivity index (χ0v) is 18.1. The maximum absolute atomic E-state index is 13.1. The van der Waals surface area contributed by atoms with Gasteiger partial charge in [-0.2, -0.15) is 0 Å². The highest BCUT2D eigenvalue weighted by atomic mass is 16.5. The van der Waals surface area contributed by atoms with Crippen molar-refractivity contribution >= 4 is 12.0 Å². The third kappa shape index (κ3) is 7.68. The molecule has 1 atom stereocenters. The number of amides is 2. The molecule has 2 aromatic rings. The van der Waals surface area contributed by atoms with Gasteiger partial charge in [-0.15, -0.1) is 0 Å². The van der Waals surface area contributed by atoms with Crippen molar-refractivity contribution in [2.45, 2.75) is 25.4 Å². The fraction of sp³-hybridized carbons (Fsp3) is 0.200. The van der Waals surface area contributed by atoms with E-state index in [2.05, 4.69) is 17.2 Å². The zero-order chi connectivity index (χ0) is 23.4. The van der Waals surface area contributed by atoms with Crippen molar-refractivity contribution in [2.24, 2.45) is 5.73 Å². The number of hydrogen-bond donors (Lipinski definition) is 4. The third-order valence-electron chi connectivity index (χ3n) is 4.68. The van der Waals surface area contributed by atoms with Crippen molar-refractivity contribution in [1.29, 1.82) is 0 Å². The Bertz CT molecular complexity index is 968. The second-order valence-corrected chi connectivity index (χ2v) is 7.38. The van der Waals surface area contributed by atoms with Gasteiger partial charge in [-0.1, -0.05) is 61.2 Å². The van der Waals surface area contributed by atoms with Gasteiger partial charge in [0.15, 0.2) is 0 Å². The molecule has 0 spiro atoms. The van der Waals surface area contributed by atoms with Gasteiger partial charge in [0.1, 0.15) is 17.9 Å². The fourth-order valence-electron chi connectivity index (χ4n) is 3.01. The molecule has 0 heterocycles. The number of rotatable bonds is 10. The van der Waals surface area contributed by atoms with Gasteiger partial charge in [0.05, 0.1) is 0 Å². The lowest BCUT2D eigenvalue weighted by Crippen LogP contribution is -2.58. The molecule has 2 amide bonds. The van der Waals surface area contributed by atoms with Crippen molar-refractivity contribution in [2.75, 3.05) is 6.61 Å². The Balaban J connectivity index is 2.13. The predicted molar refractivity (Wildman–Crippen MR) is 125 cm³/mol. The van der Waals surface area contributed by atoms with Crippen LogP contribution >= 0.6 is 0 Å². The molecular weight excluding hydrogens is 406 g/mol. The van der Waals surface area contributed by atoms with Crippen LogP contribution in [0.1, 0.15) is 18.1 Å². The maximum Gasteiger partial charge on any atom is 0.408 e. The van der Waals surface area contributed by atoms with Gasteiger partial charge in [0.25, 0.3) is 0 Å². The number of carbonyl (C=O) groups is 2. The highest BCUT2D eigenvalue weighted by molar-refractivity contribution is 5.90. The Labute approximate surface area is 188 Å². The average molecular weight is 436 g/mol. The van der Waals surface area contributed by atoms with E-state index in [0.717, 1.165) is 11.1 Å². The van der Waals surface area contributed by atoms with Crippen molar-refractivity contribution < 1.29 is 19.4 Å². The molecule has 7 nitrogen and oxygen atoms in total. The Kier molecular flexibility index (Phi) is 9.10. The maximum atomic E-state index is 13.1. The number of carbonyl (C=O) groups excluding carboxylic acids is 2. The molecule has 0 aliphatic rings. The molecule has 32 heavy (non-hydrogen) atoms. The number of phenolic OH excluding ortho intramolecular Hbond substituents is 1. The smallest absolute Gasteiger partial charge is 0.408 e. The zero-order valence-electron chi connectivity index (χ0n) is 18.1. The van der Waals surface area contributed by atoms with E-state index in [1.807, 2.05) is 30.3 Å². The van der Waals surface area contributed by atoms with Crippen LogP contribution in [0.15, 0.2) is 91.2 Å². The van der Waals surface area contributed by atoms with Gasteiger partial charge >= 0.3 is 6.09 Å². The number of allylic oxidation sites excluding steroid dienone is 2. The second kappa shape index (κ2) is 12.0. The SMILES string of the molecule is C=C/C=C(\C=C/N)COC(=O)N[C@@](C)(Cc1ccc(O)cc1)C(=O)NCc1ccccc1. The minimum Gasteiger partial charge on any atom is -0.508 e. The Morgan fingerprint density at radius 2 is 1.81 bits per heavy atom. The summed E-state index contributed by atoms with van der Waals surface area (Å²) in [7, 11) is 0. The van der Waals surface area contributed by atoms with E-state index in [4.69, 9.17) is 10.5 Å². The Hall–Kier alpha value is -4.00. The lowest BCUT2D eigenvalue weighted by Gasteiger charge is -2.29. The first-order chi connectivity index (χ1) is 15.4. The van der Waals surface area contributed by atoms with Crippen molar-refractivity contribution in [1.82, 2.24) is 10.6 Å². The topological polar surface area (TPSA) is 114 Å². The van der Waals surface area contributed by atoms with Gasteiger partial charge in [-0.3, -0.25) is 4.79 Å². The number of aromatic hydroxyl groups is 1. The number of hydrogen-bond acceptors (Lipinski definition) is 5. The number of ether oxygens (including phenoxy) is 1. The number of nitrogens with two attached hydrogens (primary N) is 1. The summed E-state index contributed by atoms with van der Waals surface area (Å²) in [4.78, 5) is 25.6. The van der Waals surface area contributed by atoms with Crippen molar-refractivity contribution in [3.8, 4) is 5.75 Å². The molecule has 0 saturated heterocycles. The summed E-state index contributed by atoms with van der Waals surface area (Å²) in [6.07, 6.45) is 5.60. The van der Waals surface area contributed by atoms with E-state index in [1.165, 1.54) is 18.3 Å². The standard InChI is InChI=1S/C25H29N3O4/c1-3-7-21(14-15-26)18-32-24(31)28-25(2,16-19-10-12-22(29)13-11-19)23(30)27-17-20-8-5-4-6-9-20/h3-15,29H,1,16-18,26H2,2H3,(H,27,30)(H,28,31)/b15-14-,21-7+/t25-/m0/s1. The quantitative estimate of drug-likeness (QED) is 0.428. The number of phenols is 1. The highest BCUT2D eigenvalue weighted by Gasteiger charge is 2.35. The summed E-state index contributed by atoms with van der Waals surface area (Å²) in [5.74, 6) is -0.249. The number of nitrogens with one attached hydrogen (secondary N) is 2. The molecule has 168 valence electrons. The van der Waals surface area contributed by atoms with Gasteiger partial charge in [-0.25, -0.2) is 4.79 Å². The first-order valence-corrected chi connectivity index (χ1v) is 10.1. The molecule has 2 rings (SSSR count). The van der Waals surface area contributed by atoms with Gasteiger partial charge in [0, 0.05) is 13.0 Å². The molecule has 2 aromatic carbocycles. The van der Waals surface area contributed by atoms with E-state index >= 15 is 0 Å². The first-order valence-electron chi connectivity index (χ1n) is 10.1. The van der Waals surface area contributed by atoms with Crippen LogP contribution in [0.3, 0.4) is 0 Å². The minimum atomic E-state index is -1.30. The van der Waals surface area contributed by atoms with Crippen LogP contribution in [0.2, 0.25) is 0 Å². The largest absolute Gasteiger partial charge is 0.508 e. The van der Waals surface area contributed by atoms with Crippen molar-refractivity contribution in [3.05, 3.63) is 102 Å². The summed E-state index contributed by atoms with van der Waals surface area (Å²) in [6, 6.07) is 15.9. The van der Waals surface area contributed by atoms with Gasteiger partial charge < -0.3 is 26.2 Å². The van der Waals surface area contributed by atoms with Crippen molar-refractivity contribution in [3.63, 3.8) is 0 Å². The summed E-state index contributed by atoms with van der Waals surface area (Å²) in [5.41, 5.74) is 6.45. The third-order valence-corrected chi connectivity index (χ3v) is 4.68. The highest BCUT2D eigenvalue weighted by Crippen LogP contribution is 2.18. The molecule has 0 aliphatic carbocycles. The van der Waals surface area contributed by atoms with Crippen LogP contribution in [-0.4, -0.2) is 29.3 Å². The molecule has 5 N–H and O–H groups in total. The monoisotopic (exact) mass is 435 g/mol. The first kappa shape index (κ1) is 24.3. The molecule has 7 heteroatoms. The summed E-state index contributed by atoms with van der Waals surface area (Å²) < 4.78 is 5.28. The molecule has 0 aliphatic heterocycles. The van der Waals surface area contributed by atoms with E-state index in [-0.39, 0.29) is 24.7 Å². The van der Waals surface area contributed by atoms with Crippen LogP contribution in [0.4, 0.5) is 4.79 Å². The second-order valence-electron chi connectivity index (χ2n) is 7.38.